The summed E-state index contributed by atoms with van der Waals surface area (Å²) >= 11 is 0. The lowest BCUT2D eigenvalue weighted by atomic mass is 9.98. The molecular formula is C14H24N2O4. The van der Waals surface area contributed by atoms with Crippen molar-refractivity contribution in [1.29, 1.82) is 0 Å². The first kappa shape index (κ1) is 15.3. The second-order valence-electron chi connectivity index (χ2n) is 5.32. The molecule has 0 radical (unpaired) electrons. The van der Waals surface area contributed by atoms with Crippen LogP contribution < -0.4 is 0 Å². The molecule has 2 aliphatic rings. The number of nitrogens with zero attached hydrogens (tertiary/aromatic N) is 2. The van der Waals surface area contributed by atoms with Crippen LogP contribution in [0.1, 0.15) is 25.7 Å². The number of fused-ring (bicyclic) bond motifs is 1. The third kappa shape index (κ3) is 3.70. The van der Waals surface area contributed by atoms with E-state index in [9.17, 15) is 9.59 Å². The van der Waals surface area contributed by atoms with E-state index in [2.05, 4.69) is 0 Å². The summed E-state index contributed by atoms with van der Waals surface area (Å²) in [5.41, 5.74) is 0. The Bertz CT molecular complexity index is 348. The van der Waals surface area contributed by atoms with Crippen molar-refractivity contribution in [3.05, 3.63) is 0 Å². The van der Waals surface area contributed by atoms with Crippen LogP contribution in [0.25, 0.3) is 0 Å². The zero-order valence-corrected chi connectivity index (χ0v) is 12.2. The van der Waals surface area contributed by atoms with Crippen LogP contribution in [0, 0.1) is 0 Å². The first-order chi connectivity index (χ1) is 9.74. The molecule has 20 heavy (non-hydrogen) atoms. The van der Waals surface area contributed by atoms with Gasteiger partial charge in [0.1, 0.15) is 6.04 Å². The molecule has 1 atom stereocenters. The fraction of sp³-hybridized carbons (Fsp3) is 0.857. The lowest BCUT2D eigenvalue weighted by Gasteiger charge is -2.42. The number of piperazine rings is 1. The molecule has 0 aliphatic carbocycles. The van der Waals surface area contributed by atoms with Crippen molar-refractivity contribution >= 4 is 11.8 Å². The number of rotatable bonds is 7. The first-order valence-electron chi connectivity index (χ1n) is 7.39. The number of piperidine rings is 1. The number of carbonyl (C=O) groups excluding carboxylic acids is 2. The van der Waals surface area contributed by atoms with Crippen LogP contribution in [-0.4, -0.2) is 74.2 Å². The maximum Gasteiger partial charge on any atom is 0.245 e. The van der Waals surface area contributed by atoms with Crippen LogP contribution in [0.4, 0.5) is 0 Å². The number of hydrogen-bond donors (Lipinski definition) is 0. The van der Waals surface area contributed by atoms with Crippen molar-refractivity contribution in [2.75, 3.05) is 46.6 Å². The summed E-state index contributed by atoms with van der Waals surface area (Å²) in [6, 6.07) is -0.209. The summed E-state index contributed by atoms with van der Waals surface area (Å²) in [5, 5.41) is 0. The van der Waals surface area contributed by atoms with Gasteiger partial charge in [-0.2, -0.15) is 0 Å². The van der Waals surface area contributed by atoms with E-state index < -0.39 is 0 Å². The minimum Gasteiger partial charge on any atom is -0.382 e. The zero-order chi connectivity index (χ0) is 14.4. The highest BCUT2D eigenvalue weighted by molar-refractivity contribution is 5.95. The van der Waals surface area contributed by atoms with Gasteiger partial charge >= 0.3 is 0 Å². The molecule has 2 aliphatic heterocycles. The van der Waals surface area contributed by atoms with Crippen LogP contribution in [-0.2, 0) is 19.1 Å². The molecule has 0 saturated carbocycles. The molecule has 2 heterocycles. The van der Waals surface area contributed by atoms with Crippen LogP contribution in [0.2, 0.25) is 0 Å². The van der Waals surface area contributed by atoms with Crippen LogP contribution in [0.3, 0.4) is 0 Å². The van der Waals surface area contributed by atoms with Crippen molar-refractivity contribution in [3.8, 4) is 0 Å². The average Bonchev–Trinajstić information content (AvgIpc) is 2.47. The summed E-state index contributed by atoms with van der Waals surface area (Å²) in [6.45, 7) is 3.31. The Morgan fingerprint density at radius 3 is 2.85 bits per heavy atom. The molecule has 6 heteroatoms. The van der Waals surface area contributed by atoms with Gasteiger partial charge in [0.05, 0.1) is 19.8 Å². The van der Waals surface area contributed by atoms with E-state index >= 15 is 0 Å². The van der Waals surface area contributed by atoms with E-state index in [4.69, 9.17) is 9.47 Å². The minimum atomic E-state index is -0.209. The molecular weight excluding hydrogens is 260 g/mol. The molecule has 2 saturated heterocycles. The van der Waals surface area contributed by atoms with Gasteiger partial charge in [-0.1, -0.05) is 0 Å². The molecule has 114 valence electrons. The lowest BCUT2D eigenvalue weighted by molar-refractivity contribution is -0.157. The maximum absolute atomic E-state index is 12.3. The molecule has 1 unspecified atom stereocenters. The smallest absolute Gasteiger partial charge is 0.245 e. The predicted octanol–water partition coefficient (Wildman–Crippen LogP) is 0.263. The van der Waals surface area contributed by atoms with Crippen LogP contribution >= 0.6 is 0 Å². The summed E-state index contributed by atoms with van der Waals surface area (Å²) < 4.78 is 10.3. The summed E-state index contributed by atoms with van der Waals surface area (Å²) in [7, 11) is 1.64. The Labute approximate surface area is 120 Å². The SMILES string of the molecule is COCCOCCCN1CC(=O)N2CCCCC2C1=O. The zero-order valence-electron chi connectivity index (χ0n) is 12.2. The van der Waals surface area contributed by atoms with Gasteiger partial charge in [-0.3, -0.25) is 9.59 Å². The fourth-order valence-corrected chi connectivity index (χ4v) is 2.82. The fourth-order valence-electron chi connectivity index (χ4n) is 2.82. The highest BCUT2D eigenvalue weighted by Gasteiger charge is 2.39. The third-order valence-electron chi connectivity index (χ3n) is 3.89. The van der Waals surface area contributed by atoms with Gasteiger partial charge < -0.3 is 19.3 Å². The summed E-state index contributed by atoms with van der Waals surface area (Å²) in [4.78, 5) is 27.8. The molecule has 6 nitrogen and oxygen atoms in total. The molecule has 0 bridgehead atoms. The highest BCUT2D eigenvalue weighted by atomic mass is 16.5. The van der Waals surface area contributed by atoms with E-state index in [1.54, 1.807) is 16.9 Å². The Morgan fingerprint density at radius 1 is 1.20 bits per heavy atom. The predicted molar refractivity (Wildman–Crippen MR) is 73.2 cm³/mol. The Kier molecular flexibility index (Phi) is 5.79. The van der Waals surface area contributed by atoms with E-state index in [1.165, 1.54) is 0 Å². The van der Waals surface area contributed by atoms with Gasteiger partial charge in [0.2, 0.25) is 11.8 Å². The standard InChI is InChI=1S/C14H24N2O4/c1-19-9-10-20-8-4-6-15-11-13(17)16-7-3-2-5-12(16)14(15)18/h12H,2-11H2,1H3. The van der Waals surface area contributed by atoms with Gasteiger partial charge in [0.25, 0.3) is 0 Å². The lowest BCUT2D eigenvalue weighted by Crippen LogP contribution is -2.61. The van der Waals surface area contributed by atoms with Crippen LogP contribution in [0.5, 0.6) is 0 Å². The minimum absolute atomic E-state index is 0.0922. The second-order valence-corrected chi connectivity index (χ2v) is 5.32. The number of amides is 2. The van der Waals surface area contributed by atoms with Gasteiger partial charge in [-0.15, -0.1) is 0 Å². The molecule has 2 amide bonds. The molecule has 2 rings (SSSR count). The number of carbonyl (C=O) groups is 2. The molecule has 2 fully saturated rings. The first-order valence-corrected chi connectivity index (χ1v) is 7.39. The molecule has 0 aromatic heterocycles. The Balaban J connectivity index is 1.74. The third-order valence-corrected chi connectivity index (χ3v) is 3.89. The van der Waals surface area contributed by atoms with Crippen molar-refractivity contribution in [3.63, 3.8) is 0 Å². The van der Waals surface area contributed by atoms with Crippen molar-refractivity contribution in [2.24, 2.45) is 0 Å². The van der Waals surface area contributed by atoms with Crippen molar-refractivity contribution < 1.29 is 19.1 Å². The molecule has 0 aromatic rings. The van der Waals surface area contributed by atoms with Crippen LogP contribution in [0.15, 0.2) is 0 Å². The monoisotopic (exact) mass is 284 g/mol. The van der Waals surface area contributed by atoms with Gasteiger partial charge in [0.15, 0.2) is 0 Å². The summed E-state index contributed by atoms with van der Waals surface area (Å²) in [5.74, 6) is 0.204. The highest BCUT2D eigenvalue weighted by Crippen LogP contribution is 2.23. The maximum atomic E-state index is 12.3. The quantitative estimate of drug-likeness (QED) is 0.629. The van der Waals surface area contributed by atoms with E-state index in [-0.39, 0.29) is 24.4 Å². The Morgan fingerprint density at radius 2 is 2.05 bits per heavy atom. The molecule has 0 aromatic carbocycles. The van der Waals surface area contributed by atoms with E-state index in [1.807, 2.05) is 0 Å². The largest absolute Gasteiger partial charge is 0.382 e. The average molecular weight is 284 g/mol. The number of methoxy groups -OCH3 is 1. The van der Waals surface area contributed by atoms with E-state index in [0.717, 1.165) is 32.2 Å². The van der Waals surface area contributed by atoms with Gasteiger partial charge in [0, 0.05) is 26.8 Å². The van der Waals surface area contributed by atoms with E-state index in [0.29, 0.717) is 26.4 Å². The molecule has 0 N–H and O–H groups in total. The summed E-state index contributed by atoms with van der Waals surface area (Å²) in [6.07, 6.45) is 3.62. The normalized spacial score (nSPS) is 23.1. The number of ether oxygens (including phenoxy) is 2. The van der Waals surface area contributed by atoms with Crippen molar-refractivity contribution in [2.45, 2.75) is 31.7 Å². The number of hydrogen-bond acceptors (Lipinski definition) is 4. The topological polar surface area (TPSA) is 59.1 Å². The van der Waals surface area contributed by atoms with Gasteiger partial charge in [-0.25, -0.2) is 0 Å². The van der Waals surface area contributed by atoms with Crippen molar-refractivity contribution in [1.82, 2.24) is 9.80 Å². The van der Waals surface area contributed by atoms with Gasteiger partial charge in [-0.05, 0) is 25.7 Å². The second kappa shape index (κ2) is 7.59. The Hall–Kier alpha value is -1.14. The molecule has 0 spiro atoms.